The standard InChI is InChI=1S/C11H11ClFNO/c1-6-8(5-10(15)14-6)7-3-2-4-9(12)11(7)13/h2-4,6,8H,5H2,1H3,(H,14,15). The molecule has 2 unspecified atom stereocenters. The van der Waals surface area contributed by atoms with Crippen molar-refractivity contribution in [2.24, 2.45) is 0 Å². The molecule has 1 aromatic carbocycles. The lowest BCUT2D eigenvalue weighted by molar-refractivity contribution is -0.119. The van der Waals surface area contributed by atoms with E-state index in [-0.39, 0.29) is 22.9 Å². The Morgan fingerprint density at radius 3 is 2.87 bits per heavy atom. The van der Waals surface area contributed by atoms with E-state index in [9.17, 15) is 9.18 Å². The minimum atomic E-state index is -0.410. The summed E-state index contributed by atoms with van der Waals surface area (Å²) in [7, 11) is 0. The number of hydrogen-bond donors (Lipinski definition) is 1. The number of carbonyl (C=O) groups excluding carboxylic acids is 1. The summed E-state index contributed by atoms with van der Waals surface area (Å²) in [6.45, 7) is 1.87. The molecule has 1 aromatic rings. The van der Waals surface area contributed by atoms with E-state index in [4.69, 9.17) is 11.6 Å². The van der Waals surface area contributed by atoms with E-state index in [1.54, 1.807) is 12.1 Å². The molecule has 1 N–H and O–H groups in total. The van der Waals surface area contributed by atoms with Gasteiger partial charge in [-0.05, 0) is 18.6 Å². The topological polar surface area (TPSA) is 29.1 Å². The van der Waals surface area contributed by atoms with Crippen LogP contribution in [-0.4, -0.2) is 11.9 Å². The summed E-state index contributed by atoms with van der Waals surface area (Å²) in [6, 6.07) is 4.86. The molecule has 1 heterocycles. The Hall–Kier alpha value is -1.09. The number of amides is 1. The van der Waals surface area contributed by atoms with Crippen LogP contribution in [0.2, 0.25) is 5.02 Å². The van der Waals surface area contributed by atoms with E-state index in [0.717, 1.165) is 0 Å². The van der Waals surface area contributed by atoms with Gasteiger partial charge in [-0.3, -0.25) is 4.79 Å². The summed E-state index contributed by atoms with van der Waals surface area (Å²) < 4.78 is 13.7. The lowest BCUT2D eigenvalue weighted by atomic mass is 9.92. The van der Waals surface area contributed by atoms with Gasteiger partial charge >= 0.3 is 0 Å². The van der Waals surface area contributed by atoms with Crippen LogP contribution in [0.4, 0.5) is 4.39 Å². The summed E-state index contributed by atoms with van der Waals surface area (Å²) in [5, 5.41) is 2.87. The SMILES string of the molecule is CC1NC(=O)CC1c1cccc(Cl)c1F. The molecular weight excluding hydrogens is 217 g/mol. The fraction of sp³-hybridized carbons (Fsp3) is 0.364. The monoisotopic (exact) mass is 227 g/mol. The Balaban J connectivity index is 2.37. The average molecular weight is 228 g/mol. The first kappa shape index (κ1) is 10.4. The average Bonchev–Trinajstić information content (AvgIpc) is 2.50. The van der Waals surface area contributed by atoms with E-state index < -0.39 is 5.82 Å². The van der Waals surface area contributed by atoms with Crippen LogP contribution in [0.5, 0.6) is 0 Å². The van der Waals surface area contributed by atoms with Crippen LogP contribution >= 0.6 is 11.6 Å². The smallest absolute Gasteiger partial charge is 0.220 e. The Bertz CT molecular complexity index is 408. The third-order valence-electron chi connectivity index (χ3n) is 2.78. The van der Waals surface area contributed by atoms with E-state index in [0.29, 0.717) is 12.0 Å². The highest BCUT2D eigenvalue weighted by Gasteiger charge is 2.32. The lowest BCUT2D eigenvalue weighted by Gasteiger charge is -2.15. The molecule has 15 heavy (non-hydrogen) atoms. The molecule has 1 fully saturated rings. The largest absolute Gasteiger partial charge is 0.353 e. The van der Waals surface area contributed by atoms with Gasteiger partial charge < -0.3 is 5.32 Å². The highest BCUT2D eigenvalue weighted by atomic mass is 35.5. The molecule has 0 aliphatic carbocycles. The van der Waals surface area contributed by atoms with Gasteiger partial charge in [0.1, 0.15) is 5.82 Å². The quantitative estimate of drug-likeness (QED) is 0.785. The van der Waals surface area contributed by atoms with Crippen molar-refractivity contribution in [3.05, 3.63) is 34.6 Å². The van der Waals surface area contributed by atoms with Gasteiger partial charge in [0, 0.05) is 18.4 Å². The molecule has 1 amide bonds. The predicted octanol–water partition coefficient (Wildman–Crippen LogP) is 2.47. The molecule has 0 saturated carbocycles. The fourth-order valence-corrected chi connectivity index (χ4v) is 2.16. The zero-order valence-electron chi connectivity index (χ0n) is 8.26. The second kappa shape index (κ2) is 3.81. The molecule has 0 spiro atoms. The Kier molecular flexibility index (Phi) is 2.65. The summed E-state index contributed by atoms with van der Waals surface area (Å²) >= 11 is 5.70. The van der Waals surface area contributed by atoms with Gasteiger partial charge in [-0.2, -0.15) is 0 Å². The highest BCUT2D eigenvalue weighted by molar-refractivity contribution is 6.30. The summed E-state index contributed by atoms with van der Waals surface area (Å²) in [6.07, 6.45) is 0.332. The number of hydrogen-bond acceptors (Lipinski definition) is 1. The van der Waals surface area contributed by atoms with Crippen molar-refractivity contribution < 1.29 is 9.18 Å². The maximum absolute atomic E-state index is 13.7. The lowest BCUT2D eigenvalue weighted by Crippen LogP contribution is -2.24. The molecule has 4 heteroatoms. The van der Waals surface area contributed by atoms with Gasteiger partial charge in [0.05, 0.1) is 5.02 Å². The number of benzene rings is 1. The van der Waals surface area contributed by atoms with E-state index in [1.807, 2.05) is 6.92 Å². The molecule has 1 saturated heterocycles. The first-order valence-electron chi connectivity index (χ1n) is 4.83. The number of halogens is 2. The summed E-state index contributed by atoms with van der Waals surface area (Å²) in [5.74, 6) is -0.560. The number of nitrogens with one attached hydrogen (secondary N) is 1. The third kappa shape index (κ3) is 1.84. The van der Waals surface area contributed by atoms with Gasteiger partial charge in [-0.25, -0.2) is 4.39 Å². The zero-order valence-corrected chi connectivity index (χ0v) is 9.01. The van der Waals surface area contributed by atoms with Gasteiger partial charge in [-0.1, -0.05) is 23.7 Å². The van der Waals surface area contributed by atoms with E-state index in [2.05, 4.69) is 5.32 Å². The highest BCUT2D eigenvalue weighted by Crippen LogP contribution is 2.32. The van der Waals surface area contributed by atoms with Gasteiger partial charge in [0.25, 0.3) is 0 Å². The van der Waals surface area contributed by atoms with Gasteiger partial charge in [0.15, 0.2) is 0 Å². The minimum absolute atomic E-state index is 0.0353. The van der Waals surface area contributed by atoms with Crippen molar-refractivity contribution in [2.75, 3.05) is 0 Å². The normalized spacial score (nSPS) is 25.4. The van der Waals surface area contributed by atoms with Crippen molar-refractivity contribution in [2.45, 2.75) is 25.3 Å². The summed E-state index contributed by atoms with van der Waals surface area (Å²) in [4.78, 5) is 11.2. The maximum Gasteiger partial charge on any atom is 0.220 e. The van der Waals surface area contributed by atoms with Crippen LogP contribution < -0.4 is 5.32 Å². The third-order valence-corrected chi connectivity index (χ3v) is 3.07. The Morgan fingerprint density at radius 2 is 2.27 bits per heavy atom. The van der Waals surface area contributed by atoms with E-state index in [1.165, 1.54) is 6.07 Å². The zero-order chi connectivity index (χ0) is 11.0. The van der Waals surface area contributed by atoms with Crippen molar-refractivity contribution >= 4 is 17.5 Å². The van der Waals surface area contributed by atoms with Gasteiger partial charge in [-0.15, -0.1) is 0 Å². The van der Waals surface area contributed by atoms with Crippen LogP contribution in [0.15, 0.2) is 18.2 Å². The van der Waals surface area contributed by atoms with Crippen molar-refractivity contribution in [3.63, 3.8) is 0 Å². The molecule has 2 rings (SSSR count). The van der Waals surface area contributed by atoms with Crippen LogP contribution in [0.1, 0.15) is 24.8 Å². The second-order valence-electron chi connectivity index (χ2n) is 3.81. The number of carbonyl (C=O) groups is 1. The Morgan fingerprint density at radius 1 is 1.53 bits per heavy atom. The second-order valence-corrected chi connectivity index (χ2v) is 4.22. The minimum Gasteiger partial charge on any atom is -0.353 e. The predicted molar refractivity (Wildman–Crippen MR) is 56.4 cm³/mol. The molecule has 1 aliphatic heterocycles. The Labute approximate surface area is 92.4 Å². The maximum atomic E-state index is 13.7. The molecule has 1 aliphatic rings. The van der Waals surface area contributed by atoms with Crippen LogP contribution in [0.3, 0.4) is 0 Å². The fourth-order valence-electron chi connectivity index (χ4n) is 1.98. The molecule has 0 aromatic heterocycles. The van der Waals surface area contributed by atoms with Crippen molar-refractivity contribution in [3.8, 4) is 0 Å². The molecule has 2 atom stereocenters. The molecular formula is C11H11ClFNO. The van der Waals surface area contributed by atoms with Crippen molar-refractivity contribution in [1.29, 1.82) is 0 Å². The molecule has 2 nitrogen and oxygen atoms in total. The van der Waals surface area contributed by atoms with Crippen molar-refractivity contribution in [1.82, 2.24) is 5.32 Å². The van der Waals surface area contributed by atoms with E-state index >= 15 is 0 Å². The van der Waals surface area contributed by atoms with Gasteiger partial charge in [0.2, 0.25) is 5.91 Å². The molecule has 0 radical (unpaired) electrons. The van der Waals surface area contributed by atoms with Crippen LogP contribution in [0.25, 0.3) is 0 Å². The van der Waals surface area contributed by atoms with Crippen LogP contribution in [-0.2, 0) is 4.79 Å². The summed E-state index contributed by atoms with van der Waals surface area (Å²) in [5.41, 5.74) is 0.522. The molecule has 0 bridgehead atoms. The first-order chi connectivity index (χ1) is 7.09. The van der Waals surface area contributed by atoms with Crippen LogP contribution in [0, 0.1) is 5.82 Å². The first-order valence-corrected chi connectivity index (χ1v) is 5.20. The number of rotatable bonds is 1. The molecule has 80 valence electrons.